The van der Waals surface area contributed by atoms with Gasteiger partial charge in [-0.1, -0.05) is 51.0 Å². The molecule has 1 aromatic rings. The molecule has 0 N–H and O–H groups in total. The van der Waals surface area contributed by atoms with E-state index in [0.717, 1.165) is 0 Å². The van der Waals surface area contributed by atoms with Gasteiger partial charge < -0.3 is 0 Å². The van der Waals surface area contributed by atoms with Crippen LogP contribution in [0.3, 0.4) is 0 Å². The van der Waals surface area contributed by atoms with Crippen molar-refractivity contribution in [2.75, 3.05) is 0 Å². The van der Waals surface area contributed by atoms with Crippen molar-refractivity contribution < 1.29 is 0 Å². The van der Waals surface area contributed by atoms with Crippen LogP contribution in [0.1, 0.15) is 50.7 Å². The minimum atomic E-state index is 1.26. The molecule has 14 heavy (non-hydrogen) atoms. The average Bonchev–Trinajstić information content (AvgIpc) is 2.24. The molecule has 0 saturated carbocycles. The topological polar surface area (TPSA) is 0 Å². The van der Waals surface area contributed by atoms with Crippen molar-refractivity contribution in [3.63, 3.8) is 0 Å². The van der Waals surface area contributed by atoms with E-state index in [1.54, 1.807) is 11.1 Å². The molecule has 0 saturated heterocycles. The Morgan fingerprint density at radius 3 is 1.57 bits per heavy atom. The Hall–Kier alpha value is -0.780. The number of unbranched alkanes of at least 4 members (excludes halogenated alkanes) is 2. The standard InChI is InChI=1S/C14H22/c1-3-5-9-13-11-7-8-12-14(13)10-6-4-2/h7-8,11-12H,3-6,9-10H2,1-2H3. The number of aryl methyl sites for hydroxylation is 2. The third kappa shape index (κ3) is 3.53. The van der Waals surface area contributed by atoms with Crippen molar-refractivity contribution >= 4 is 0 Å². The van der Waals surface area contributed by atoms with E-state index in [1.165, 1.54) is 38.5 Å². The molecular weight excluding hydrogens is 168 g/mol. The van der Waals surface area contributed by atoms with Crippen molar-refractivity contribution in [2.45, 2.75) is 52.4 Å². The summed E-state index contributed by atoms with van der Waals surface area (Å²) in [4.78, 5) is 0. The van der Waals surface area contributed by atoms with Gasteiger partial charge in [0.05, 0.1) is 0 Å². The fraction of sp³-hybridized carbons (Fsp3) is 0.571. The van der Waals surface area contributed by atoms with Gasteiger partial charge >= 0.3 is 0 Å². The molecule has 0 aliphatic rings. The van der Waals surface area contributed by atoms with Crippen molar-refractivity contribution in [2.24, 2.45) is 0 Å². The normalized spacial score (nSPS) is 10.4. The lowest BCUT2D eigenvalue weighted by Gasteiger charge is -2.07. The van der Waals surface area contributed by atoms with E-state index < -0.39 is 0 Å². The van der Waals surface area contributed by atoms with E-state index in [-0.39, 0.29) is 0 Å². The Morgan fingerprint density at radius 1 is 0.786 bits per heavy atom. The quantitative estimate of drug-likeness (QED) is 0.624. The molecule has 1 aromatic carbocycles. The van der Waals surface area contributed by atoms with Gasteiger partial charge in [-0.2, -0.15) is 0 Å². The number of rotatable bonds is 6. The summed E-state index contributed by atoms with van der Waals surface area (Å²) in [7, 11) is 0. The molecule has 0 aliphatic carbocycles. The van der Waals surface area contributed by atoms with Gasteiger partial charge in [-0.15, -0.1) is 0 Å². The number of hydrogen-bond acceptors (Lipinski definition) is 0. The van der Waals surface area contributed by atoms with Crippen molar-refractivity contribution in [1.82, 2.24) is 0 Å². The summed E-state index contributed by atoms with van der Waals surface area (Å²) in [6.45, 7) is 4.52. The lowest BCUT2D eigenvalue weighted by molar-refractivity contribution is 0.758. The maximum atomic E-state index is 2.29. The number of hydrogen-bond donors (Lipinski definition) is 0. The first kappa shape index (κ1) is 11.3. The van der Waals surface area contributed by atoms with Gasteiger partial charge in [-0.3, -0.25) is 0 Å². The monoisotopic (exact) mass is 190 g/mol. The van der Waals surface area contributed by atoms with Crippen molar-refractivity contribution in [3.8, 4) is 0 Å². The summed E-state index contributed by atoms with van der Waals surface area (Å²) in [6, 6.07) is 8.92. The summed E-state index contributed by atoms with van der Waals surface area (Å²) < 4.78 is 0. The fourth-order valence-corrected chi connectivity index (χ4v) is 1.78. The molecule has 0 amide bonds. The first-order valence-electron chi connectivity index (χ1n) is 5.95. The Labute approximate surface area is 88.4 Å². The maximum absolute atomic E-state index is 2.29. The molecular formula is C14H22. The third-order valence-corrected chi connectivity index (χ3v) is 2.72. The van der Waals surface area contributed by atoms with Gasteiger partial charge in [0.1, 0.15) is 0 Å². The first-order valence-corrected chi connectivity index (χ1v) is 5.95. The van der Waals surface area contributed by atoms with Crippen LogP contribution in [0.5, 0.6) is 0 Å². The third-order valence-electron chi connectivity index (χ3n) is 2.72. The van der Waals surface area contributed by atoms with Gasteiger partial charge in [0.15, 0.2) is 0 Å². The van der Waals surface area contributed by atoms with Gasteiger partial charge in [0.25, 0.3) is 0 Å². The Morgan fingerprint density at radius 2 is 1.21 bits per heavy atom. The molecule has 0 heteroatoms. The molecule has 1 rings (SSSR count). The highest BCUT2D eigenvalue weighted by molar-refractivity contribution is 5.27. The first-order chi connectivity index (χ1) is 6.88. The average molecular weight is 190 g/mol. The summed E-state index contributed by atoms with van der Waals surface area (Å²) in [5, 5.41) is 0. The molecule has 0 aromatic heterocycles. The molecule has 0 unspecified atom stereocenters. The fourth-order valence-electron chi connectivity index (χ4n) is 1.78. The second kappa shape index (κ2) is 6.64. The predicted octanol–water partition coefficient (Wildman–Crippen LogP) is 4.37. The van der Waals surface area contributed by atoms with Crippen molar-refractivity contribution in [3.05, 3.63) is 35.4 Å². The lowest BCUT2D eigenvalue weighted by atomic mass is 9.98. The summed E-state index contributed by atoms with van der Waals surface area (Å²) in [5.74, 6) is 0. The van der Waals surface area contributed by atoms with Gasteiger partial charge in [0, 0.05) is 0 Å². The Kier molecular flexibility index (Phi) is 5.36. The van der Waals surface area contributed by atoms with Gasteiger partial charge in [-0.25, -0.2) is 0 Å². The zero-order chi connectivity index (χ0) is 10.2. The van der Waals surface area contributed by atoms with Crippen LogP contribution in [0.25, 0.3) is 0 Å². The molecule has 78 valence electrons. The molecule has 0 radical (unpaired) electrons. The van der Waals surface area contributed by atoms with Crippen LogP contribution in [0.2, 0.25) is 0 Å². The van der Waals surface area contributed by atoms with E-state index in [2.05, 4.69) is 38.1 Å². The van der Waals surface area contributed by atoms with Crippen LogP contribution < -0.4 is 0 Å². The van der Waals surface area contributed by atoms with Crippen LogP contribution in [-0.2, 0) is 12.8 Å². The maximum Gasteiger partial charge on any atom is -0.0276 e. The largest absolute Gasteiger partial charge is 0.0654 e. The second-order valence-corrected chi connectivity index (χ2v) is 3.98. The van der Waals surface area contributed by atoms with Crippen molar-refractivity contribution in [1.29, 1.82) is 0 Å². The molecule has 0 aliphatic heterocycles. The molecule has 0 atom stereocenters. The zero-order valence-electron chi connectivity index (χ0n) is 9.55. The molecule has 0 nitrogen and oxygen atoms in total. The summed E-state index contributed by atoms with van der Waals surface area (Å²) >= 11 is 0. The number of benzene rings is 1. The van der Waals surface area contributed by atoms with Crippen LogP contribution in [0.15, 0.2) is 24.3 Å². The van der Waals surface area contributed by atoms with Crippen LogP contribution in [0, 0.1) is 0 Å². The van der Waals surface area contributed by atoms with E-state index in [4.69, 9.17) is 0 Å². The minimum absolute atomic E-state index is 1.26. The highest BCUT2D eigenvalue weighted by Gasteiger charge is 1.99. The van der Waals surface area contributed by atoms with E-state index in [1.807, 2.05) is 0 Å². The summed E-state index contributed by atoms with van der Waals surface area (Å²) in [6.07, 6.45) is 7.75. The molecule has 0 spiro atoms. The summed E-state index contributed by atoms with van der Waals surface area (Å²) in [5.41, 5.74) is 3.14. The van der Waals surface area contributed by atoms with Crippen LogP contribution >= 0.6 is 0 Å². The van der Waals surface area contributed by atoms with Crippen LogP contribution in [0.4, 0.5) is 0 Å². The second-order valence-electron chi connectivity index (χ2n) is 3.98. The minimum Gasteiger partial charge on any atom is -0.0654 e. The van der Waals surface area contributed by atoms with Crippen LogP contribution in [-0.4, -0.2) is 0 Å². The zero-order valence-corrected chi connectivity index (χ0v) is 9.55. The smallest absolute Gasteiger partial charge is 0.0276 e. The predicted molar refractivity (Wildman–Crippen MR) is 63.7 cm³/mol. The Bertz CT molecular complexity index is 223. The lowest BCUT2D eigenvalue weighted by Crippen LogP contribution is -1.94. The molecule has 0 fully saturated rings. The Balaban J connectivity index is 2.60. The SMILES string of the molecule is CCCCc1ccccc1CCCC. The molecule has 0 heterocycles. The van der Waals surface area contributed by atoms with E-state index in [0.29, 0.717) is 0 Å². The van der Waals surface area contributed by atoms with E-state index >= 15 is 0 Å². The highest BCUT2D eigenvalue weighted by Crippen LogP contribution is 2.14. The van der Waals surface area contributed by atoms with Gasteiger partial charge in [-0.05, 0) is 36.8 Å². The highest BCUT2D eigenvalue weighted by atomic mass is 14.1. The van der Waals surface area contributed by atoms with E-state index in [9.17, 15) is 0 Å². The molecule has 0 bridgehead atoms. The van der Waals surface area contributed by atoms with Gasteiger partial charge in [0.2, 0.25) is 0 Å².